The van der Waals surface area contributed by atoms with Crippen LogP contribution in [0.4, 0.5) is 0 Å². The Morgan fingerprint density at radius 1 is 1.42 bits per heavy atom. The van der Waals surface area contributed by atoms with E-state index in [9.17, 15) is 0 Å². The molecule has 0 spiro atoms. The lowest BCUT2D eigenvalue weighted by Gasteiger charge is -2.05. The standard InChI is InChI=1S/C8H7Br2IO/c9-3-4-12-8-2-1-6(10)5-7(8)11/h1-2,5H,3-4H2. The Labute approximate surface area is 102 Å². The molecule has 12 heavy (non-hydrogen) atoms. The zero-order chi connectivity index (χ0) is 8.97. The van der Waals surface area contributed by atoms with Crippen molar-refractivity contribution in [2.75, 3.05) is 11.9 Å². The molecule has 66 valence electrons. The predicted molar refractivity (Wildman–Crippen MR) is 66.1 cm³/mol. The van der Waals surface area contributed by atoms with Gasteiger partial charge in [0.15, 0.2) is 0 Å². The van der Waals surface area contributed by atoms with Gasteiger partial charge >= 0.3 is 0 Å². The zero-order valence-corrected chi connectivity index (χ0v) is 11.5. The fourth-order valence-corrected chi connectivity index (χ4v) is 2.36. The van der Waals surface area contributed by atoms with Crippen molar-refractivity contribution in [3.8, 4) is 5.75 Å². The van der Waals surface area contributed by atoms with Crippen molar-refractivity contribution in [3.05, 3.63) is 26.2 Å². The molecule has 0 unspecified atom stereocenters. The summed E-state index contributed by atoms with van der Waals surface area (Å²) in [6.07, 6.45) is 0. The molecule has 0 N–H and O–H groups in total. The minimum absolute atomic E-state index is 0.706. The zero-order valence-electron chi connectivity index (χ0n) is 6.19. The van der Waals surface area contributed by atoms with Gasteiger partial charge in [-0.25, -0.2) is 0 Å². The fourth-order valence-electron chi connectivity index (χ4n) is 0.741. The van der Waals surface area contributed by atoms with Gasteiger partial charge in [0.2, 0.25) is 0 Å². The summed E-state index contributed by atoms with van der Waals surface area (Å²) in [6.45, 7) is 0.706. The Kier molecular flexibility index (Phi) is 4.89. The van der Waals surface area contributed by atoms with Crippen molar-refractivity contribution >= 4 is 54.5 Å². The largest absolute Gasteiger partial charge is 0.492 e. The van der Waals surface area contributed by atoms with Crippen molar-refractivity contribution in [1.82, 2.24) is 0 Å². The van der Waals surface area contributed by atoms with Gasteiger partial charge in [-0.2, -0.15) is 0 Å². The van der Waals surface area contributed by atoms with E-state index in [1.807, 2.05) is 18.2 Å². The second kappa shape index (κ2) is 5.44. The van der Waals surface area contributed by atoms with Gasteiger partial charge in [-0.05, 0) is 40.8 Å². The Hall–Kier alpha value is 0.710. The first kappa shape index (κ1) is 10.8. The Bertz CT molecular complexity index is 265. The van der Waals surface area contributed by atoms with E-state index in [1.165, 1.54) is 0 Å². The van der Waals surface area contributed by atoms with Crippen LogP contribution < -0.4 is 4.74 Å². The van der Waals surface area contributed by atoms with E-state index in [-0.39, 0.29) is 0 Å². The van der Waals surface area contributed by atoms with E-state index in [4.69, 9.17) is 4.74 Å². The highest BCUT2D eigenvalue weighted by molar-refractivity contribution is 14.1. The van der Waals surface area contributed by atoms with Crippen LogP contribution in [0.3, 0.4) is 0 Å². The number of benzene rings is 1. The second-order valence-electron chi connectivity index (χ2n) is 2.11. The van der Waals surface area contributed by atoms with Crippen molar-refractivity contribution in [1.29, 1.82) is 0 Å². The third-order valence-electron chi connectivity index (χ3n) is 1.23. The van der Waals surface area contributed by atoms with Gasteiger partial charge in [0, 0.05) is 9.80 Å². The summed E-state index contributed by atoms with van der Waals surface area (Å²) in [5.41, 5.74) is 0. The highest BCUT2D eigenvalue weighted by Gasteiger charge is 1.99. The molecule has 1 rings (SSSR count). The first-order chi connectivity index (χ1) is 5.74. The molecule has 0 aliphatic heterocycles. The van der Waals surface area contributed by atoms with Crippen LogP contribution in [0.5, 0.6) is 5.75 Å². The quantitative estimate of drug-likeness (QED) is 0.548. The molecule has 0 bridgehead atoms. The SMILES string of the molecule is BrCCOc1ccc(Br)cc1I. The minimum Gasteiger partial charge on any atom is -0.492 e. The van der Waals surface area contributed by atoms with Crippen LogP contribution in [0.1, 0.15) is 0 Å². The molecule has 1 nitrogen and oxygen atoms in total. The van der Waals surface area contributed by atoms with Crippen LogP contribution in [0, 0.1) is 3.57 Å². The summed E-state index contributed by atoms with van der Waals surface area (Å²) < 4.78 is 7.67. The van der Waals surface area contributed by atoms with Gasteiger partial charge in [-0.3, -0.25) is 0 Å². The summed E-state index contributed by atoms with van der Waals surface area (Å²) in [7, 11) is 0. The summed E-state index contributed by atoms with van der Waals surface area (Å²) >= 11 is 8.96. The van der Waals surface area contributed by atoms with E-state index in [0.29, 0.717) is 6.61 Å². The smallest absolute Gasteiger partial charge is 0.132 e. The Balaban J connectivity index is 2.72. The Morgan fingerprint density at radius 2 is 2.17 bits per heavy atom. The summed E-state index contributed by atoms with van der Waals surface area (Å²) in [5.74, 6) is 0.943. The first-order valence-corrected chi connectivity index (χ1v) is 6.37. The summed E-state index contributed by atoms with van der Waals surface area (Å²) in [4.78, 5) is 0. The predicted octanol–water partition coefficient (Wildman–Crippen LogP) is 3.83. The number of ether oxygens (including phenoxy) is 1. The van der Waals surface area contributed by atoms with Crippen molar-refractivity contribution in [3.63, 3.8) is 0 Å². The Morgan fingerprint density at radius 3 is 2.75 bits per heavy atom. The van der Waals surface area contributed by atoms with Gasteiger partial charge in [0.25, 0.3) is 0 Å². The lowest BCUT2D eigenvalue weighted by Crippen LogP contribution is -1.98. The monoisotopic (exact) mass is 404 g/mol. The topological polar surface area (TPSA) is 9.23 Å². The van der Waals surface area contributed by atoms with Gasteiger partial charge < -0.3 is 4.74 Å². The average Bonchev–Trinajstić information content (AvgIpc) is 2.03. The number of hydrogen-bond donors (Lipinski definition) is 0. The van der Waals surface area contributed by atoms with Gasteiger partial charge in [-0.1, -0.05) is 31.9 Å². The van der Waals surface area contributed by atoms with Crippen LogP contribution in [-0.2, 0) is 0 Å². The highest BCUT2D eigenvalue weighted by atomic mass is 127. The van der Waals surface area contributed by atoms with Crippen LogP contribution >= 0.6 is 54.5 Å². The maximum absolute atomic E-state index is 5.47. The van der Waals surface area contributed by atoms with E-state index in [1.54, 1.807) is 0 Å². The molecule has 4 heteroatoms. The summed E-state index contributed by atoms with van der Waals surface area (Å²) in [5, 5.41) is 0.860. The van der Waals surface area contributed by atoms with E-state index >= 15 is 0 Å². The van der Waals surface area contributed by atoms with Gasteiger partial charge in [-0.15, -0.1) is 0 Å². The molecule has 0 aliphatic carbocycles. The molecule has 0 heterocycles. The molecule has 1 aromatic carbocycles. The highest BCUT2D eigenvalue weighted by Crippen LogP contribution is 2.24. The van der Waals surface area contributed by atoms with Gasteiger partial charge in [0.1, 0.15) is 5.75 Å². The fraction of sp³-hybridized carbons (Fsp3) is 0.250. The molecule has 0 aliphatic rings. The van der Waals surface area contributed by atoms with Gasteiger partial charge in [0.05, 0.1) is 10.2 Å². The molecule has 0 amide bonds. The summed E-state index contributed by atoms with van der Waals surface area (Å²) in [6, 6.07) is 5.98. The van der Waals surface area contributed by atoms with Crippen molar-refractivity contribution in [2.45, 2.75) is 0 Å². The second-order valence-corrected chi connectivity index (χ2v) is 4.98. The third kappa shape index (κ3) is 3.22. The molecule has 0 saturated heterocycles. The molecule has 0 atom stereocenters. The minimum atomic E-state index is 0.706. The van der Waals surface area contributed by atoms with E-state index in [0.717, 1.165) is 19.1 Å². The lowest BCUT2D eigenvalue weighted by molar-refractivity contribution is 0.342. The maximum Gasteiger partial charge on any atom is 0.132 e. The molecule has 0 radical (unpaired) electrons. The number of halogens is 3. The molecule has 1 aromatic rings. The number of rotatable bonds is 3. The van der Waals surface area contributed by atoms with E-state index in [2.05, 4.69) is 54.5 Å². The molecule has 0 aromatic heterocycles. The molecule has 0 fully saturated rings. The first-order valence-electron chi connectivity index (χ1n) is 3.38. The van der Waals surface area contributed by atoms with Crippen molar-refractivity contribution < 1.29 is 4.74 Å². The number of alkyl halides is 1. The van der Waals surface area contributed by atoms with Crippen LogP contribution in [-0.4, -0.2) is 11.9 Å². The lowest BCUT2D eigenvalue weighted by atomic mass is 10.3. The average molecular weight is 406 g/mol. The van der Waals surface area contributed by atoms with Crippen LogP contribution in [0.15, 0.2) is 22.7 Å². The van der Waals surface area contributed by atoms with Crippen LogP contribution in [0.2, 0.25) is 0 Å². The third-order valence-corrected chi connectivity index (χ3v) is 2.89. The molecule has 0 saturated carbocycles. The number of hydrogen-bond acceptors (Lipinski definition) is 1. The normalized spacial score (nSPS) is 9.92. The van der Waals surface area contributed by atoms with Crippen LogP contribution in [0.25, 0.3) is 0 Å². The maximum atomic E-state index is 5.47. The van der Waals surface area contributed by atoms with E-state index < -0.39 is 0 Å². The molecular weight excluding hydrogens is 399 g/mol. The molecular formula is C8H7Br2IO. The van der Waals surface area contributed by atoms with Crippen molar-refractivity contribution in [2.24, 2.45) is 0 Å².